The van der Waals surface area contributed by atoms with E-state index in [1.165, 1.54) is 5.56 Å². The lowest BCUT2D eigenvalue weighted by atomic mass is 9.97. The van der Waals surface area contributed by atoms with Crippen LogP contribution in [0.5, 0.6) is 0 Å². The fraction of sp³-hybridized carbons (Fsp3) is 0.280. The molecule has 0 bridgehead atoms. The molecule has 0 radical (unpaired) electrons. The van der Waals surface area contributed by atoms with Gasteiger partial charge in [-0.3, -0.25) is 0 Å². The molecule has 0 aliphatic heterocycles. The number of hydrogen-bond acceptors (Lipinski definition) is 0. The Morgan fingerprint density at radius 1 is 0.593 bits per heavy atom. The number of aryl methyl sites for hydroxylation is 2. The lowest BCUT2D eigenvalue weighted by Gasteiger charge is -2.10. The summed E-state index contributed by atoms with van der Waals surface area (Å²) in [6, 6.07) is 19.6. The van der Waals surface area contributed by atoms with Crippen LogP contribution in [0.3, 0.4) is 0 Å². The minimum atomic E-state index is -0.750. The SMILES string of the molecule is CCCCc1ccc(-c2ccc(-c3ccc(CCC)cc3)cc2)c(F)c1F. The first-order chi connectivity index (χ1) is 13.1. The van der Waals surface area contributed by atoms with Crippen LogP contribution in [0.25, 0.3) is 22.3 Å². The molecule has 27 heavy (non-hydrogen) atoms. The van der Waals surface area contributed by atoms with Crippen LogP contribution in [0.1, 0.15) is 44.2 Å². The van der Waals surface area contributed by atoms with Crippen molar-refractivity contribution < 1.29 is 8.78 Å². The summed E-state index contributed by atoms with van der Waals surface area (Å²) in [6.07, 6.45) is 4.61. The second-order valence-corrected chi connectivity index (χ2v) is 7.03. The van der Waals surface area contributed by atoms with Gasteiger partial charge in [-0.15, -0.1) is 0 Å². The van der Waals surface area contributed by atoms with E-state index in [-0.39, 0.29) is 0 Å². The molecule has 3 aromatic rings. The summed E-state index contributed by atoms with van der Waals surface area (Å²) in [5.41, 5.74) is 5.00. The van der Waals surface area contributed by atoms with Crippen LogP contribution in [-0.2, 0) is 12.8 Å². The zero-order valence-corrected chi connectivity index (χ0v) is 16.1. The van der Waals surface area contributed by atoms with Crippen molar-refractivity contribution in [3.8, 4) is 22.3 Å². The smallest absolute Gasteiger partial charge is 0.166 e. The molecule has 0 aliphatic rings. The molecule has 0 N–H and O–H groups in total. The largest absolute Gasteiger partial charge is 0.203 e. The van der Waals surface area contributed by atoms with Gasteiger partial charge in [0.2, 0.25) is 0 Å². The van der Waals surface area contributed by atoms with Crippen LogP contribution < -0.4 is 0 Å². The Hall–Kier alpha value is -2.48. The number of unbranched alkanes of at least 4 members (excludes halogenated alkanes) is 1. The Kier molecular flexibility index (Phi) is 6.39. The Morgan fingerprint density at radius 2 is 1.19 bits per heavy atom. The van der Waals surface area contributed by atoms with Crippen LogP contribution in [0, 0.1) is 11.6 Å². The second-order valence-electron chi connectivity index (χ2n) is 7.03. The molecule has 0 saturated heterocycles. The van der Waals surface area contributed by atoms with E-state index in [0.29, 0.717) is 23.1 Å². The van der Waals surface area contributed by atoms with E-state index in [0.717, 1.165) is 36.8 Å². The third-order valence-electron chi connectivity index (χ3n) is 4.98. The van der Waals surface area contributed by atoms with E-state index in [4.69, 9.17) is 0 Å². The van der Waals surface area contributed by atoms with Crippen LogP contribution >= 0.6 is 0 Å². The van der Waals surface area contributed by atoms with Gasteiger partial charge in [-0.05, 0) is 47.1 Å². The van der Waals surface area contributed by atoms with E-state index in [1.807, 2.05) is 31.2 Å². The van der Waals surface area contributed by atoms with Crippen LogP contribution in [-0.4, -0.2) is 0 Å². The van der Waals surface area contributed by atoms with Gasteiger partial charge in [0.05, 0.1) is 0 Å². The van der Waals surface area contributed by atoms with Gasteiger partial charge in [-0.1, -0.05) is 87.4 Å². The first-order valence-corrected chi connectivity index (χ1v) is 9.80. The van der Waals surface area contributed by atoms with Crippen molar-refractivity contribution in [1.82, 2.24) is 0 Å². The first kappa shape index (κ1) is 19.3. The Labute approximate surface area is 160 Å². The summed E-state index contributed by atoms with van der Waals surface area (Å²) in [7, 11) is 0. The molecule has 0 saturated carbocycles. The summed E-state index contributed by atoms with van der Waals surface area (Å²) in [5.74, 6) is -1.46. The monoisotopic (exact) mass is 364 g/mol. The third kappa shape index (κ3) is 4.44. The lowest BCUT2D eigenvalue weighted by Crippen LogP contribution is -1.97. The molecule has 0 amide bonds. The Balaban J connectivity index is 1.84. The maximum atomic E-state index is 14.5. The van der Waals surface area contributed by atoms with E-state index in [9.17, 15) is 8.78 Å². The summed E-state index contributed by atoms with van der Waals surface area (Å²) in [4.78, 5) is 0. The minimum Gasteiger partial charge on any atom is -0.203 e. The van der Waals surface area contributed by atoms with Gasteiger partial charge in [0.15, 0.2) is 11.6 Å². The molecular formula is C25H26F2. The van der Waals surface area contributed by atoms with E-state index >= 15 is 0 Å². The highest BCUT2D eigenvalue weighted by atomic mass is 19.2. The normalized spacial score (nSPS) is 11.0. The number of halogens is 2. The summed E-state index contributed by atoms with van der Waals surface area (Å²) in [6.45, 7) is 4.21. The van der Waals surface area contributed by atoms with Gasteiger partial charge in [0.1, 0.15) is 0 Å². The minimum absolute atomic E-state index is 0.317. The average molecular weight is 364 g/mol. The van der Waals surface area contributed by atoms with Gasteiger partial charge in [-0.2, -0.15) is 0 Å². The third-order valence-corrected chi connectivity index (χ3v) is 4.98. The molecule has 2 heteroatoms. The number of hydrogen-bond donors (Lipinski definition) is 0. The molecule has 0 aromatic heterocycles. The quantitative estimate of drug-likeness (QED) is 0.405. The van der Waals surface area contributed by atoms with Crippen molar-refractivity contribution in [2.45, 2.75) is 46.0 Å². The maximum Gasteiger partial charge on any atom is 0.166 e. The van der Waals surface area contributed by atoms with Crippen molar-refractivity contribution in [3.63, 3.8) is 0 Å². The molecule has 0 unspecified atom stereocenters. The van der Waals surface area contributed by atoms with Crippen molar-refractivity contribution in [2.75, 3.05) is 0 Å². The molecule has 0 spiro atoms. The average Bonchev–Trinajstić information content (AvgIpc) is 2.70. The fourth-order valence-electron chi connectivity index (χ4n) is 3.37. The van der Waals surface area contributed by atoms with E-state index < -0.39 is 11.6 Å². The molecule has 0 atom stereocenters. The highest BCUT2D eigenvalue weighted by Crippen LogP contribution is 2.29. The van der Waals surface area contributed by atoms with Crippen LogP contribution in [0.15, 0.2) is 60.7 Å². The van der Waals surface area contributed by atoms with Crippen molar-refractivity contribution in [1.29, 1.82) is 0 Å². The summed E-state index contributed by atoms with van der Waals surface area (Å²) in [5, 5.41) is 0. The Bertz CT molecular complexity index is 877. The van der Waals surface area contributed by atoms with E-state index in [1.54, 1.807) is 12.1 Å². The summed E-state index contributed by atoms with van der Waals surface area (Å²) >= 11 is 0. The predicted molar refractivity (Wildman–Crippen MR) is 110 cm³/mol. The highest BCUT2D eigenvalue weighted by Gasteiger charge is 2.14. The second kappa shape index (κ2) is 8.94. The first-order valence-electron chi connectivity index (χ1n) is 9.80. The van der Waals surface area contributed by atoms with Gasteiger partial charge in [0.25, 0.3) is 0 Å². The zero-order valence-electron chi connectivity index (χ0n) is 16.1. The molecule has 0 heterocycles. The topological polar surface area (TPSA) is 0 Å². The summed E-state index contributed by atoms with van der Waals surface area (Å²) < 4.78 is 28.9. The van der Waals surface area contributed by atoms with Crippen molar-refractivity contribution in [3.05, 3.63) is 83.4 Å². The standard InChI is InChI=1S/C25H26F2/c1-3-5-7-22-16-17-23(25(27)24(22)26)21-14-12-20(13-15-21)19-10-8-18(6-4-2)9-11-19/h8-17H,3-7H2,1-2H3. The van der Waals surface area contributed by atoms with Gasteiger partial charge >= 0.3 is 0 Å². The molecule has 0 nitrogen and oxygen atoms in total. The molecular weight excluding hydrogens is 338 g/mol. The van der Waals surface area contributed by atoms with Crippen molar-refractivity contribution in [2.24, 2.45) is 0 Å². The fourth-order valence-corrected chi connectivity index (χ4v) is 3.37. The zero-order chi connectivity index (χ0) is 19.2. The predicted octanol–water partition coefficient (Wildman–Crippen LogP) is 7.59. The number of benzene rings is 3. The lowest BCUT2D eigenvalue weighted by molar-refractivity contribution is 0.499. The van der Waals surface area contributed by atoms with Crippen LogP contribution in [0.2, 0.25) is 0 Å². The van der Waals surface area contributed by atoms with Crippen LogP contribution in [0.4, 0.5) is 8.78 Å². The molecule has 3 rings (SSSR count). The molecule has 0 aliphatic carbocycles. The van der Waals surface area contributed by atoms with Gasteiger partial charge in [-0.25, -0.2) is 8.78 Å². The number of rotatable bonds is 7. The van der Waals surface area contributed by atoms with Gasteiger partial charge < -0.3 is 0 Å². The van der Waals surface area contributed by atoms with Gasteiger partial charge in [0, 0.05) is 5.56 Å². The van der Waals surface area contributed by atoms with E-state index in [2.05, 4.69) is 31.2 Å². The Morgan fingerprint density at radius 3 is 1.78 bits per heavy atom. The molecule has 140 valence electrons. The molecule has 3 aromatic carbocycles. The molecule has 0 fully saturated rings. The van der Waals surface area contributed by atoms with Crippen molar-refractivity contribution >= 4 is 0 Å². The maximum absolute atomic E-state index is 14.5. The highest BCUT2D eigenvalue weighted by molar-refractivity contribution is 5.71.